The standard InChI is InChI=1S/C12H10O.C8H13Si.C3H6.2ClH.Ti/c13-12-8-4-7-11(9-12)10-5-2-1-3-6-10;1-9(2,3)8-6-4-5-7-8;1-3-2;;;/h1-9,13H;4,6H,5H2,1-3H3;1-2H3;2*1H;/q;-1;;;;+1/p-2. The molecule has 2 aromatic rings. The normalized spacial score (nSPS) is 11.5. The first-order valence-corrected chi connectivity index (χ1v) is 13.1. The molecule has 2 aromatic carbocycles. The van der Waals surface area contributed by atoms with E-state index in [0.29, 0.717) is 5.75 Å². The Labute approximate surface area is 195 Å². The minimum atomic E-state index is -1.01. The zero-order valence-electron chi connectivity index (χ0n) is 17.3. The van der Waals surface area contributed by atoms with Crippen LogP contribution in [0.4, 0.5) is 0 Å². The summed E-state index contributed by atoms with van der Waals surface area (Å²) in [4.78, 5) is 0. The predicted octanol–water partition coefficient (Wildman–Crippen LogP) is 0.366. The van der Waals surface area contributed by atoms with Gasteiger partial charge in [-0.25, -0.2) is 11.3 Å². The van der Waals surface area contributed by atoms with Crippen molar-refractivity contribution in [3.63, 3.8) is 0 Å². The zero-order valence-corrected chi connectivity index (χ0v) is 21.3. The van der Waals surface area contributed by atoms with Gasteiger partial charge in [0.2, 0.25) is 0 Å². The molecule has 28 heavy (non-hydrogen) atoms. The van der Waals surface area contributed by atoms with Gasteiger partial charge in [0.05, 0.1) is 0 Å². The van der Waals surface area contributed by atoms with Gasteiger partial charge in [-0.1, -0.05) is 62.1 Å². The molecule has 0 saturated carbocycles. The maximum atomic E-state index is 9.27. The van der Waals surface area contributed by atoms with Crippen LogP contribution < -0.4 is 24.8 Å². The Kier molecular flexibility index (Phi) is 15.7. The number of hydrogen-bond acceptors (Lipinski definition) is 1. The first kappa shape index (κ1) is 29.3. The van der Waals surface area contributed by atoms with E-state index in [4.69, 9.17) is 0 Å². The van der Waals surface area contributed by atoms with Crippen molar-refractivity contribution in [3.8, 4) is 16.9 Å². The molecule has 1 nitrogen and oxygen atoms in total. The molecule has 151 valence electrons. The van der Waals surface area contributed by atoms with Gasteiger partial charge >= 0.3 is 37.6 Å². The van der Waals surface area contributed by atoms with Gasteiger partial charge in [0.1, 0.15) is 5.75 Å². The van der Waals surface area contributed by atoms with Gasteiger partial charge in [0.15, 0.2) is 0 Å². The Morgan fingerprint density at radius 2 is 1.46 bits per heavy atom. The fourth-order valence-electron chi connectivity index (χ4n) is 2.24. The summed E-state index contributed by atoms with van der Waals surface area (Å²) >= 11 is 2.08. The number of allylic oxidation sites excluding steroid dienone is 4. The van der Waals surface area contributed by atoms with E-state index in [-0.39, 0.29) is 24.8 Å². The molecule has 0 radical (unpaired) electrons. The Balaban J connectivity index is 0. The number of rotatable bonds is 2. The third-order valence-electron chi connectivity index (χ3n) is 3.46. The van der Waals surface area contributed by atoms with Crippen molar-refractivity contribution in [2.75, 3.05) is 0 Å². The van der Waals surface area contributed by atoms with E-state index in [1.165, 1.54) is 9.01 Å². The number of benzene rings is 2. The summed E-state index contributed by atoms with van der Waals surface area (Å²) in [5.74, 6) is 0.307. The van der Waals surface area contributed by atoms with Crippen molar-refractivity contribution in [3.05, 3.63) is 78.0 Å². The number of phenols is 1. The molecule has 3 rings (SSSR count). The molecular weight excluding hydrogens is 439 g/mol. The smallest absolute Gasteiger partial charge is 0.116 e. The number of halogens is 2. The van der Waals surface area contributed by atoms with Crippen LogP contribution in [0.3, 0.4) is 0 Å². The van der Waals surface area contributed by atoms with Gasteiger partial charge in [-0.3, -0.25) is 6.08 Å². The molecule has 0 heterocycles. The van der Waals surface area contributed by atoms with E-state index >= 15 is 0 Å². The summed E-state index contributed by atoms with van der Waals surface area (Å²) in [6, 6.07) is 17.3. The van der Waals surface area contributed by atoms with Crippen LogP contribution in [0.1, 0.15) is 20.3 Å². The summed E-state index contributed by atoms with van der Waals surface area (Å²) in [7, 11) is -1.01. The predicted molar refractivity (Wildman–Crippen MR) is 114 cm³/mol. The van der Waals surface area contributed by atoms with Crippen LogP contribution in [0.15, 0.2) is 71.9 Å². The molecule has 0 unspecified atom stereocenters. The zero-order chi connectivity index (χ0) is 19.6. The Bertz CT molecular complexity index is 762. The Morgan fingerprint density at radius 1 is 0.929 bits per heavy atom. The Hall–Kier alpha value is -0.899. The largest absolute Gasteiger partial charge is 1.00 e. The molecule has 0 fully saturated rings. The average Bonchev–Trinajstić information content (AvgIpc) is 3.11. The van der Waals surface area contributed by atoms with E-state index in [1.807, 2.05) is 42.5 Å². The van der Waals surface area contributed by atoms with E-state index in [2.05, 4.69) is 71.7 Å². The van der Waals surface area contributed by atoms with Gasteiger partial charge in [-0.2, -0.15) is 6.08 Å². The third-order valence-corrected chi connectivity index (χ3v) is 5.42. The summed E-state index contributed by atoms with van der Waals surface area (Å²) in [5, 5.41) is 10.8. The molecule has 1 N–H and O–H groups in total. The average molecular weight is 468 g/mol. The van der Waals surface area contributed by atoms with Gasteiger partial charge < -0.3 is 29.9 Å². The quantitative estimate of drug-likeness (QED) is 0.499. The SMILES string of the molecule is C[C](C)=[Ti+].C[Si](C)(C)C1=[C-]CC=C1.Oc1cccc(-c2ccccc2)c1.[Cl-].[Cl-]. The molecule has 0 aliphatic heterocycles. The summed E-state index contributed by atoms with van der Waals surface area (Å²) in [6.45, 7) is 11.2. The second-order valence-corrected chi connectivity index (χ2v) is 14.0. The van der Waals surface area contributed by atoms with E-state index in [0.717, 1.165) is 17.5 Å². The van der Waals surface area contributed by atoms with Crippen LogP contribution in [0.2, 0.25) is 19.6 Å². The third kappa shape index (κ3) is 12.5. The van der Waals surface area contributed by atoms with Gasteiger partial charge in [-0.15, -0.1) is 6.42 Å². The Morgan fingerprint density at radius 3 is 1.86 bits per heavy atom. The van der Waals surface area contributed by atoms with Crippen LogP contribution in [0, 0.1) is 6.08 Å². The fourth-order valence-corrected chi connectivity index (χ4v) is 3.49. The summed E-state index contributed by atoms with van der Waals surface area (Å²) in [6.07, 6.45) is 8.82. The molecule has 0 aromatic heterocycles. The van der Waals surface area contributed by atoms with Crippen molar-refractivity contribution >= 4 is 11.9 Å². The molecule has 0 bridgehead atoms. The molecule has 0 amide bonds. The van der Waals surface area contributed by atoms with Gasteiger partial charge in [0, 0.05) is 8.07 Å². The summed E-state index contributed by atoms with van der Waals surface area (Å²) < 4.78 is 1.42. The minimum absolute atomic E-state index is 0. The van der Waals surface area contributed by atoms with Crippen LogP contribution in [-0.2, 0) is 20.0 Å². The number of aromatic hydroxyl groups is 1. The maximum absolute atomic E-state index is 9.27. The summed E-state index contributed by atoms with van der Waals surface area (Å²) in [5.41, 5.74) is 2.17. The van der Waals surface area contributed by atoms with E-state index in [1.54, 1.807) is 12.1 Å². The fraction of sp³-hybridized carbons (Fsp3) is 0.261. The van der Waals surface area contributed by atoms with Crippen molar-refractivity contribution in [1.82, 2.24) is 0 Å². The molecule has 1 aliphatic carbocycles. The molecule has 1 aliphatic rings. The first-order valence-electron chi connectivity index (χ1n) is 8.84. The van der Waals surface area contributed by atoms with E-state index in [9.17, 15) is 5.11 Å². The molecule has 0 atom stereocenters. The van der Waals surface area contributed by atoms with Crippen molar-refractivity contribution in [1.29, 1.82) is 0 Å². The van der Waals surface area contributed by atoms with Crippen molar-refractivity contribution in [2.24, 2.45) is 0 Å². The van der Waals surface area contributed by atoms with Crippen molar-refractivity contribution in [2.45, 2.75) is 39.9 Å². The molecule has 0 saturated heterocycles. The molecular formula is C23H29Cl2OSiTi-2. The van der Waals surface area contributed by atoms with Crippen LogP contribution in [0.25, 0.3) is 11.1 Å². The van der Waals surface area contributed by atoms with Gasteiger partial charge in [0.25, 0.3) is 0 Å². The van der Waals surface area contributed by atoms with Crippen LogP contribution >= 0.6 is 0 Å². The number of hydrogen-bond donors (Lipinski definition) is 1. The van der Waals surface area contributed by atoms with E-state index < -0.39 is 8.07 Å². The maximum Gasteiger partial charge on any atom is 0.116 e. The topological polar surface area (TPSA) is 20.2 Å². The van der Waals surface area contributed by atoms with Crippen LogP contribution in [0.5, 0.6) is 5.75 Å². The first-order chi connectivity index (χ1) is 12.2. The second kappa shape index (κ2) is 15.0. The monoisotopic (exact) mass is 467 g/mol. The molecule has 0 spiro atoms. The van der Waals surface area contributed by atoms with Crippen molar-refractivity contribution < 1.29 is 49.9 Å². The second-order valence-electron chi connectivity index (χ2n) is 7.36. The van der Waals surface area contributed by atoms with Crippen LogP contribution in [-0.4, -0.2) is 17.0 Å². The minimum Gasteiger partial charge on any atom is -1.00 e. The number of phenolic OH excluding ortho intramolecular Hbond substituents is 1. The van der Waals surface area contributed by atoms with Gasteiger partial charge in [-0.05, 0) is 23.3 Å². The molecule has 5 heteroatoms.